The SMILES string of the molecule is COc1cc(NC(C)(C(=O)O)C2CC2)ccc1[N+](=O)[O-]. The first kappa shape index (κ1) is 14.1. The van der Waals surface area contributed by atoms with E-state index >= 15 is 0 Å². The van der Waals surface area contributed by atoms with Crippen molar-refractivity contribution >= 4 is 17.3 Å². The van der Waals surface area contributed by atoms with Gasteiger partial charge in [0.05, 0.1) is 12.0 Å². The first-order valence-electron chi connectivity index (χ1n) is 6.22. The third-order valence-electron chi connectivity index (χ3n) is 3.62. The van der Waals surface area contributed by atoms with Gasteiger partial charge < -0.3 is 15.2 Å². The van der Waals surface area contributed by atoms with Crippen LogP contribution >= 0.6 is 0 Å². The van der Waals surface area contributed by atoms with Crippen LogP contribution in [0.2, 0.25) is 0 Å². The number of nitrogens with one attached hydrogen (secondary N) is 1. The highest BCUT2D eigenvalue weighted by atomic mass is 16.6. The molecule has 7 nitrogen and oxygen atoms in total. The first-order valence-corrected chi connectivity index (χ1v) is 6.22. The van der Waals surface area contributed by atoms with Crippen LogP contribution in [0.3, 0.4) is 0 Å². The van der Waals surface area contributed by atoms with Gasteiger partial charge in [0, 0.05) is 17.8 Å². The maximum atomic E-state index is 11.4. The fraction of sp³-hybridized carbons (Fsp3) is 0.462. The highest BCUT2D eigenvalue weighted by Crippen LogP contribution is 2.42. The molecule has 0 bridgehead atoms. The summed E-state index contributed by atoms with van der Waals surface area (Å²) in [5, 5.41) is 23.1. The topological polar surface area (TPSA) is 102 Å². The van der Waals surface area contributed by atoms with Crippen molar-refractivity contribution in [2.75, 3.05) is 12.4 Å². The van der Waals surface area contributed by atoms with Crippen LogP contribution in [-0.4, -0.2) is 28.6 Å². The van der Waals surface area contributed by atoms with Crippen molar-refractivity contribution in [3.05, 3.63) is 28.3 Å². The molecule has 1 aromatic rings. The Morgan fingerprint density at radius 1 is 1.55 bits per heavy atom. The summed E-state index contributed by atoms with van der Waals surface area (Å²) in [5.74, 6) is -0.762. The minimum absolute atomic E-state index is 0.0705. The summed E-state index contributed by atoms with van der Waals surface area (Å²) < 4.78 is 4.97. The van der Waals surface area contributed by atoms with E-state index in [0.717, 1.165) is 12.8 Å². The van der Waals surface area contributed by atoms with Crippen molar-refractivity contribution in [2.45, 2.75) is 25.3 Å². The summed E-state index contributed by atoms with van der Waals surface area (Å²) in [6.45, 7) is 1.63. The molecule has 1 aliphatic rings. The van der Waals surface area contributed by atoms with Crippen molar-refractivity contribution in [1.29, 1.82) is 0 Å². The van der Waals surface area contributed by atoms with Crippen LogP contribution in [0.5, 0.6) is 5.75 Å². The van der Waals surface area contributed by atoms with E-state index in [1.165, 1.54) is 25.3 Å². The molecular formula is C13H16N2O5. The maximum Gasteiger partial charge on any atom is 0.329 e. The summed E-state index contributed by atoms with van der Waals surface area (Å²) in [4.78, 5) is 21.7. The van der Waals surface area contributed by atoms with Crippen LogP contribution in [0.1, 0.15) is 19.8 Å². The van der Waals surface area contributed by atoms with Gasteiger partial charge in [-0.1, -0.05) is 0 Å². The molecule has 20 heavy (non-hydrogen) atoms. The number of anilines is 1. The zero-order valence-electron chi connectivity index (χ0n) is 11.3. The average molecular weight is 280 g/mol. The van der Waals surface area contributed by atoms with E-state index in [1.54, 1.807) is 6.92 Å². The number of hydrogen-bond acceptors (Lipinski definition) is 5. The summed E-state index contributed by atoms with van der Waals surface area (Å²) in [7, 11) is 1.34. The maximum absolute atomic E-state index is 11.4. The standard InChI is InChI=1S/C13H16N2O5/c1-13(12(16)17,8-3-4-8)14-9-5-6-10(15(18)19)11(7-9)20-2/h5-8,14H,3-4H2,1-2H3,(H,16,17). The van der Waals surface area contributed by atoms with Crippen molar-refractivity contribution in [1.82, 2.24) is 0 Å². The Labute approximate surface area is 115 Å². The van der Waals surface area contributed by atoms with E-state index in [4.69, 9.17) is 4.74 Å². The minimum Gasteiger partial charge on any atom is -0.490 e. The van der Waals surface area contributed by atoms with Gasteiger partial charge >= 0.3 is 11.7 Å². The number of carboxylic acid groups (broad SMARTS) is 1. The van der Waals surface area contributed by atoms with Gasteiger partial charge in [-0.15, -0.1) is 0 Å². The van der Waals surface area contributed by atoms with Crippen molar-refractivity contribution in [3.63, 3.8) is 0 Å². The number of benzene rings is 1. The van der Waals surface area contributed by atoms with Crippen molar-refractivity contribution < 1.29 is 19.6 Å². The lowest BCUT2D eigenvalue weighted by atomic mass is 9.95. The van der Waals surface area contributed by atoms with Gasteiger partial charge in [-0.05, 0) is 31.7 Å². The van der Waals surface area contributed by atoms with Crippen LogP contribution in [0, 0.1) is 16.0 Å². The monoisotopic (exact) mass is 280 g/mol. The van der Waals surface area contributed by atoms with Crippen LogP contribution in [0.4, 0.5) is 11.4 Å². The van der Waals surface area contributed by atoms with E-state index in [-0.39, 0.29) is 17.4 Å². The van der Waals surface area contributed by atoms with E-state index in [1.807, 2.05) is 0 Å². The number of carboxylic acids is 1. The lowest BCUT2D eigenvalue weighted by molar-refractivity contribution is -0.385. The number of ether oxygens (including phenoxy) is 1. The molecule has 7 heteroatoms. The van der Waals surface area contributed by atoms with Gasteiger partial charge in [-0.3, -0.25) is 10.1 Å². The number of aliphatic carboxylic acids is 1. The zero-order valence-corrected chi connectivity index (χ0v) is 11.3. The zero-order chi connectivity index (χ0) is 14.9. The van der Waals surface area contributed by atoms with Gasteiger partial charge in [-0.2, -0.15) is 0 Å². The number of nitro benzene ring substituents is 1. The third-order valence-corrected chi connectivity index (χ3v) is 3.62. The Balaban J connectivity index is 2.29. The Morgan fingerprint density at radius 3 is 2.65 bits per heavy atom. The molecule has 1 saturated carbocycles. The minimum atomic E-state index is -1.07. The molecule has 1 atom stereocenters. The largest absolute Gasteiger partial charge is 0.490 e. The predicted octanol–water partition coefficient (Wildman–Crippen LogP) is 2.27. The number of methoxy groups -OCH3 is 1. The molecule has 2 rings (SSSR count). The summed E-state index contributed by atoms with van der Waals surface area (Å²) in [6, 6.07) is 4.24. The summed E-state index contributed by atoms with van der Waals surface area (Å²) in [5.41, 5.74) is -0.730. The molecule has 108 valence electrons. The molecule has 0 heterocycles. The smallest absolute Gasteiger partial charge is 0.329 e. The normalized spacial score (nSPS) is 17.1. The fourth-order valence-electron chi connectivity index (χ4n) is 2.20. The molecule has 1 aliphatic carbocycles. The van der Waals surface area contributed by atoms with Crippen molar-refractivity contribution in [2.24, 2.45) is 5.92 Å². The number of carbonyl (C=O) groups is 1. The van der Waals surface area contributed by atoms with Crippen molar-refractivity contribution in [3.8, 4) is 5.75 Å². The highest BCUT2D eigenvalue weighted by Gasteiger charge is 2.47. The molecule has 1 unspecified atom stereocenters. The number of rotatable bonds is 6. The highest BCUT2D eigenvalue weighted by molar-refractivity contribution is 5.83. The van der Waals surface area contributed by atoms with Gasteiger partial charge in [0.15, 0.2) is 5.75 Å². The number of nitro groups is 1. The Kier molecular flexibility index (Phi) is 3.52. The van der Waals surface area contributed by atoms with Gasteiger partial charge in [0.1, 0.15) is 5.54 Å². The number of nitrogens with zero attached hydrogens (tertiary/aromatic N) is 1. The molecule has 0 amide bonds. The molecule has 1 fully saturated rings. The quantitative estimate of drug-likeness (QED) is 0.612. The second kappa shape index (κ2) is 4.99. The van der Waals surface area contributed by atoms with E-state index in [0.29, 0.717) is 5.69 Å². The second-order valence-corrected chi connectivity index (χ2v) is 5.05. The van der Waals surface area contributed by atoms with Crippen LogP contribution in [0.25, 0.3) is 0 Å². The molecule has 0 aliphatic heterocycles. The third kappa shape index (κ3) is 2.52. The summed E-state index contributed by atoms with van der Waals surface area (Å²) in [6.07, 6.45) is 1.72. The molecular weight excluding hydrogens is 264 g/mol. The average Bonchev–Trinajstić information content (AvgIpc) is 3.22. The summed E-state index contributed by atoms with van der Waals surface area (Å²) >= 11 is 0. The van der Waals surface area contributed by atoms with Crippen LogP contribution in [-0.2, 0) is 4.79 Å². The lowest BCUT2D eigenvalue weighted by Crippen LogP contribution is -2.45. The molecule has 0 spiro atoms. The molecule has 0 aromatic heterocycles. The second-order valence-electron chi connectivity index (χ2n) is 5.05. The fourth-order valence-corrected chi connectivity index (χ4v) is 2.20. The Morgan fingerprint density at radius 2 is 2.20 bits per heavy atom. The molecule has 2 N–H and O–H groups in total. The van der Waals surface area contributed by atoms with Crippen LogP contribution < -0.4 is 10.1 Å². The lowest BCUT2D eigenvalue weighted by Gasteiger charge is -2.27. The van der Waals surface area contributed by atoms with Gasteiger partial charge in [0.2, 0.25) is 0 Å². The van der Waals surface area contributed by atoms with E-state index < -0.39 is 16.4 Å². The Bertz CT molecular complexity index is 556. The van der Waals surface area contributed by atoms with E-state index in [2.05, 4.69) is 5.32 Å². The van der Waals surface area contributed by atoms with Gasteiger partial charge in [-0.25, -0.2) is 4.79 Å². The molecule has 1 aromatic carbocycles. The predicted molar refractivity (Wildman–Crippen MR) is 72.0 cm³/mol. The van der Waals surface area contributed by atoms with E-state index in [9.17, 15) is 20.0 Å². The van der Waals surface area contributed by atoms with Gasteiger partial charge in [0.25, 0.3) is 0 Å². The molecule has 0 radical (unpaired) electrons. The van der Waals surface area contributed by atoms with Crippen LogP contribution in [0.15, 0.2) is 18.2 Å². The Hall–Kier alpha value is -2.31. The first-order chi connectivity index (χ1) is 9.38. The number of hydrogen-bond donors (Lipinski definition) is 2. The molecule has 0 saturated heterocycles.